The zero-order valence-electron chi connectivity index (χ0n) is 11.3. The molecule has 0 aliphatic carbocycles. The molecule has 0 unspecified atom stereocenters. The van der Waals surface area contributed by atoms with E-state index in [2.05, 4.69) is 17.2 Å². The lowest BCUT2D eigenvalue weighted by molar-refractivity contribution is 0.301. The third-order valence-corrected chi connectivity index (χ3v) is 2.83. The van der Waals surface area contributed by atoms with Crippen LogP contribution >= 0.6 is 0 Å². The Hall–Kier alpha value is -2.03. The van der Waals surface area contributed by atoms with Crippen LogP contribution in [-0.2, 0) is 6.61 Å². The van der Waals surface area contributed by atoms with Crippen molar-refractivity contribution < 1.29 is 4.74 Å². The molecule has 0 aliphatic rings. The molecule has 3 heteroatoms. The summed E-state index contributed by atoms with van der Waals surface area (Å²) >= 11 is 0. The van der Waals surface area contributed by atoms with Gasteiger partial charge in [0.1, 0.15) is 12.4 Å². The first-order chi connectivity index (χ1) is 9.38. The van der Waals surface area contributed by atoms with E-state index in [-0.39, 0.29) is 0 Å². The van der Waals surface area contributed by atoms with Gasteiger partial charge in [0.05, 0.1) is 5.69 Å². The molecule has 1 aromatic heterocycles. The summed E-state index contributed by atoms with van der Waals surface area (Å²) in [6.45, 7) is 3.71. The molecule has 2 rings (SSSR count). The molecule has 1 N–H and O–H groups in total. The molecule has 2 aromatic rings. The maximum Gasteiger partial charge on any atom is 0.130 e. The summed E-state index contributed by atoms with van der Waals surface area (Å²) in [5.74, 6) is 0.867. The highest BCUT2D eigenvalue weighted by atomic mass is 16.5. The first-order valence-electron chi connectivity index (χ1n) is 6.75. The van der Waals surface area contributed by atoms with Crippen molar-refractivity contribution in [2.24, 2.45) is 0 Å². The lowest BCUT2D eigenvalue weighted by Crippen LogP contribution is -2.01. The third-order valence-electron chi connectivity index (χ3n) is 2.83. The van der Waals surface area contributed by atoms with E-state index in [0.29, 0.717) is 6.61 Å². The molecular weight excluding hydrogens is 236 g/mol. The van der Waals surface area contributed by atoms with Crippen molar-refractivity contribution in [3.8, 4) is 5.75 Å². The number of hydrogen-bond acceptors (Lipinski definition) is 3. The third kappa shape index (κ3) is 4.62. The Morgan fingerprint density at radius 3 is 2.63 bits per heavy atom. The van der Waals surface area contributed by atoms with Crippen LogP contribution in [0.5, 0.6) is 5.75 Å². The number of hydrogen-bond donors (Lipinski definition) is 1. The Morgan fingerprint density at radius 1 is 1.11 bits per heavy atom. The van der Waals surface area contributed by atoms with E-state index in [1.54, 1.807) is 6.20 Å². The van der Waals surface area contributed by atoms with Gasteiger partial charge in [-0.3, -0.25) is 4.98 Å². The van der Waals surface area contributed by atoms with Gasteiger partial charge in [-0.2, -0.15) is 0 Å². The van der Waals surface area contributed by atoms with Gasteiger partial charge >= 0.3 is 0 Å². The quantitative estimate of drug-likeness (QED) is 0.763. The number of anilines is 1. The van der Waals surface area contributed by atoms with Gasteiger partial charge in [0.2, 0.25) is 0 Å². The molecule has 100 valence electrons. The number of aromatic nitrogens is 1. The second-order valence-electron chi connectivity index (χ2n) is 4.41. The maximum atomic E-state index is 5.68. The fourth-order valence-corrected chi connectivity index (χ4v) is 1.72. The van der Waals surface area contributed by atoms with Crippen LogP contribution in [0.4, 0.5) is 5.69 Å². The average molecular weight is 256 g/mol. The van der Waals surface area contributed by atoms with Crippen molar-refractivity contribution in [2.45, 2.75) is 26.4 Å². The summed E-state index contributed by atoms with van der Waals surface area (Å²) in [4.78, 5) is 4.22. The smallest absolute Gasteiger partial charge is 0.130 e. The predicted molar refractivity (Wildman–Crippen MR) is 78.4 cm³/mol. The van der Waals surface area contributed by atoms with Gasteiger partial charge in [-0.1, -0.05) is 19.4 Å². The molecule has 0 radical (unpaired) electrons. The second kappa shape index (κ2) is 7.41. The summed E-state index contributed by atoms with van der Waals surface area (Å²) < 4.78 is 5.68. The molecule has 1 heterocycles. The van der Waals surface area contributed by atoms with Crippen LogP contribution in [0.2, 0.25) is 0 Å². The van der Waals surface area contributed by atoms with Crippen molar-refractivity contribution in [3.05, 3.63) is 54.4 Å². The molecule has 0 atom stereocenters. The SMILES string of the molecule is CCCCNc1ccc(OCc2ccccn2)cc1. The molecule has 0 bridgehead atoms. The maximum absolute atomic E-state index is 5.68. The van der Waals surface area contributed by atoms with E-state index in [9.17, 15) is 0 Å². The lowest BCUT2D eigenvalue weighted by atomic mass is 10.3. The van der Waals surface area contributed by atoms with Gasteiger partial charge in [0.25, 0.3) is 0 Å². The van der Waals surface area contributed by atoms with Crippen molar-refractivity contribution in [2.75, 3.05) is 11.9 Å². The lowest BCUT2D eigenvalue weighted by Gasteiger charge is -2.08. The van der Waals surface area contributed by atoms with Crippen LogP contribution in [0.15, 0.2) is 48.7 Å². The van der Waals surface area contributed by atoms with Gasteiger partial charge in [-0.05, 0) is 42.8 Å². The Balaban J connectivity index is 1.81. The first kappa shape index (κ1) is 13.4. The van der Waals surface area contributed by atoms with Crippen LogP contribution in [0, 0.1) is 0 Å². The van der Waals surface area contributed by atoms with Gasteiger partial charge in [-0.25, -0.2) is 0 Å². The summed E-state index contributed by atoms with van der Waals surface area (Å²) in [7, 11) is 0. The van der Waals surface area contributed by atoms with E-state index in [1.165, 1.54) is 12.8 Å². The van der Waals surface area contributed by atoms with Gasteiger partial charge < -0.3 is 10.1 Å². The van der Waals surface area contributed by atoms with Crippen LogP contribution in [0.1, 0.15) is 25.5 Å². The minimum Gasteiger partial charge on any atom is -0.487 e. The van der Waals surface area contributed by atoms with Crippen molar-refractivity contribution in [1.82, 2.24) is 4.98 Å². The normalized spacial score (nSPS) is 10.2. The number of nitrogens with one attached hydrogen (secondary N) is 1. The summed E-state index contributed by atoms with van der Waals surface area (Å²) in [6.07, 6.45) is 4.18. The fraction of sp³-hybridized carbons (Fsp3) is 0.312. The Morgan fingerprint density at radius 2 is 1.95 bits per heavy atom. The minimum absolute atomic E-state index is 0.503. The standard InChI is InChI=1S/C16H20N2O/c1-2-3-11-17-14-7-9-16(10-8-14)19-13-15-6-4-5-12-18-15/h4-10,12,17H,2-3,11,13H2,1H3. The number of pyridine rings is 1. The highest BCUT2D eigenvalue weighted by Crippen LogP contribution is 2.16. The number of ether oxygens (including phenoxy) is 1. The fourth-order valence-electron chi connectivity index (χ4n) is 1.72. The molecule has 0 fully saturated rings. The van der Waals surface area contributed by atoms with Gasteiger partial charge in [-0.15, -0.1) is 0 Å². The van der Waals surface area contributed by atoms with Crippen LogP contribution in [-0.4, -0.2) is 11.5 Å². The number of rotatable bonds is 7. The van der Waals surface area contributed by atoms with E-state index >= 15 is 0 Å². The zero-order valence-corrected chi connectivity index (χ0v) is 11.3. The van der Waals surface area contributed by atoms with E-state index < -0.39 is 0 Å². The largest absolute Gasteiger partial charge is 0.487 e. The Kier molecular flexibility index (Phi) is 5.23. The first-order valence-corrected chi connectivity index (χ1v) is 6.75. The van der Waals surface area contributed by atoms with Gasteiger partial charge in [0, 0.05) is 18.4 Å². The Bertz CT molecular complexity index is 468. The molecule has 0 saturated heterocycles. The Labute approximate surface area is 114 Å². The number of unbranched alkanes of at least 4 members (excludes halogenated alkanes) is 1. The zero-order chi connectivity index (χ0) is 13.3. The second-order valence-corrected chi connectivity index (χ2v) is 4.41. The summed E-state index contributed by atoms with van der Waals surface area (Å²) in [5.41, 5.74) is 2.08. The summed E-state index contributed by atoms with van der Waals surface area (Å²) in [5, 5.41) is 3.38. The van der Waals surface area contributed by atoms with E-state index in [4.69, 9.17) is 4.74 Å². The van der Waals surface area contributed by atoms with Crippen molar-refractivity contribution in [1.29, 1.82) is 0 Å². The molecule has 1 aromatic carbocycles. The molecule has 0 spiro atoms. The average Bonchev–Trinajstić information content (AvgIpc) is 2.48. The number of benzene rings is 1. The molecule has 19 heavy (non-hydrogen) atoms. The topological polar surface area (TPSA) is 34.1 Å². The van der Waals surface area contributed by atoms with Gasteiger partial charge in [0.15, 0.2) is 0 Å². The molecule has 0 amide bonds. The van der Waals surface area contributed by atoms with Crippen molar-refractivity contribution >= 4 is 5.69 Å². The van der Waals surface area contributed by atoms with E-state index in [1.807, 2.05) is 42.5 Å². The molecule has 0 aliphatic heterocycles. The highest BCUT2D eigenvalue weighted by molar-refractivity contribution is 5.46. The van der Waals surface area contributed by atoms with Crippen molar-refractivity contribution in [3.63, 3.8) is 0 Å². The predicted octanol–water partition coefficient (Wildman–Crippen LogP) is 3.87. The number of nitrogens with zero attached hydrogens (tertiary/aromatic N) is 1. The monoisotopic (exact) mass is 256 g/mol. The summed E-state index contributed by atoms with van der Waals surface area (Å²) in [6, 6.07) is 13.9. The van der Waals surface area contributed by atoms with Crippen LogP contribution in [0.25, 0.3) is 0 Å². The van der Waals surface area contributed by atoms with E-state index in [0.717, 1.165) is 23.7 Å². The minimum atomic E-state index is 0.503. The molecular formula is C16H20N2O. The molecule has 3 nitrogen and oxygen atoms in total. The van der Waals surface area contributed by atoms with Crippen LogP contribution < -0.4 is 10.1 Å². The van der Waals surface area contributed by atoms with Crippen LogP contribution in [0.3, 0.4) is 0 Å². The highest BCUT2D eigenvalue weighted by Gasteiger charge is 1.97. The molecule has 0 saturated carbocycles.